The summed E-state index contributed by atoms with van der Waals surface area (Å²) in [6.45, 7) is 7.53. The molecule has 1 aliphatic carbocycles. The quantitative estimate of drug-likeness (QED) is 0.843. The molecule has 1 aromatic rings. The summed E-state index contributed by atoms with van der Waals surface area (Å²) < 4.78 is 5.50. The fourth-order valence-electron chi connectivity index (χ4n) is 6.13. The van der Waals surface area contributed by atoms with E-state index in [9.17, 15) is 0 Å². The molecule has 0 spiro atoms. The fourth-order valence-corrected chi connectivity index (χ4v) is 6.13. The van der Waals surface area contributed by atoms with Crippen LogP contribution in [-0.4, -0.2) is 59.8 Å². The first-order valence-electron chi connectivity index (χ1n) is 11.7. The predicted octanol–water partition coefficient (Wildman–Crippen LogP) is 3.39. The van der Waals surface area contributed by atoms with Crippen LogP contribution in [0, 0.1) is 12.8 Å². The minimum absolute atomic E-state index is 0.606. The number of rotatable bonds is 5. The van der Waals surface area contributed by atoms with E-state index in [1.54, 1.807) is 0 Å². The first-order valence-corrected chi connectivity index (χ1v) is 11.7. The number of nitrogens with one attached hydrogen (secondary N) is 1. The highest BCUT2D eigenvalue weighted by Gasteiger charge is 2.41. The van der Waals surface area contributed by atoms with Crippen molar-refractivity contribution in [2.75, 3.05) is 32.8 Å². The number of aryl methyl sites for hydroxylation is 1. The monoisotopic (exact) mass is 384 g/mol. The minimum atomic E-state index is 0.606. The Morgan fingerprint density at radius 1 is 1.07 bits per heavy atom. The lowest BCUT2D eigenvalue weighted by molar-refractivity contribution is 0.0234. The molecule has 4 saturated heterocycles. The third kappa shape index (κ3) is 3.99. The maximum Gasteiger partial charge on any atom is 0.125 e. The van der Waals surface area contributed by atoms with Crippen molar-refractivity contribution in [1.82, 2.24) is 20.2 Å². The van der Waals surface area contributed by atoms with Gasteiger partial charge in [-0.1, -0.05) is 12.8 Å². The summed E-state index contributed by atoms with van der Waals surface area (Å²) in [5.74, 6) is 3.05. The molecule has 4 aliphatic heterocycles. The first kappa shape index (κ1) is 19.0. The van der Waals surface area contributed by atoms with Crippen LogP contribution in [0.25, 0.3) is 0 Å². The van der Waals surface area contributed by atoms with Crippen molar-refractivity contribution < 1.29 is 4.74 Å². The van der Waals surface area contributed by atoms with Crippen molar-refractivity contribution in [1.29, 1.82) is 0 Å². The summed E-state index contributed by atoms with van der Waals surface area (Å²) in [5, 5.41) is 3.84. The fraction of sp³-hybridized carbons (Fsp3) is 0.826. The van der Waals surface area contributed by atoms with Crippen molar-refractivity contribution in [3.8, 4) is 0 Å². The Bertz CT molecular complexity index is 669. The third-order valence-electron chi connectivity index (χ3n) is 7.77. The lowest BCUT2D eigenvalue weighted by Gasteiger charge is -2.50. The Balaban J connectivity index is 1.25. The van der Waals surface area contributed by atoms with Crippen LogP contribution in [0.1, 0.15) is 80.4 Å². The summed E-state index contributed by atoms with van der Waals surface area (Å²) in [5.41, 5.74) is 2.66. The largest absolute Gasteiger partial charge is 0.381 e. The number of hydrogen-bond acceptors (Lipinski definition) is 5. The lowest BCUT2D eigenvalue weighted by Crippen LogP contribution is -2.56. The van der Waals surface area contributed by atoms with E-state index in [0.29, 0.717) is 23.9 Å². The van der Waals surface area contributed by atoms with Gasteiger partial charge in [0.1, 0.15) is 5.82 Å². The molecule has 5 heteroatoms. The average Bonchev–Trinajstić information content (AvgIpc) is 3.28. The first-order chi connectivity index (χ1) is 13.8. The van der Waals surface area contributed by atoms with Crippen LogP contribution in [0.15, 0.2) is 6.07 Å². The van der Waals surface area contributed by atoms with Crippen LogP contribution in [-0.2, 0) is 4.74 Å². The molecule has 154 valence electrons. The van der Waals surface area contributed by atoms with E-state index in [1.807, 2.05) is 0 Å². The van der Waals surface area contributed by atoms with Crippen LogP contribution >= 0.6 is 0 Å². The SMILES string of the molecule is Cc1nc(C2CCCC2)cc([C@@H]2CN3CC[C@H]2C[C@@H]3CNC2CCOCC2)n1. The Morgan fingerprint density at radius 2 is 1.86 bits per heavy atom. The molecule has 1 N–H and O–H groups in total. The molecule has 2 bridgehead atoms. The summed E-state index contributed by atoms with van der Waals surface area (Å²) in [4.78, 5) is 12.5. The maximum absolute atomic E-state index is 5.50. The highest BCUT2D eigenvalue weighted by molar-refractivity contribution is 5.22. The van der Waals surface area contributed by atoms with E-state index in [1.165, 1.54) is 75.8 Å². The Hall–Kier alpha value is -1.04. The van der Waals surface area contributed by atoms with Gasteiger partial charge in [0.05, 0.1) is 0 Å². The Morgan fingerprint density at radius 3 is 2.61 bits per heavy atom. The van der Waals surface area contributed by atoms with Crippen LogP contribution in [0.3, 0.4) is 0 Å². The highest BCUT2D eigenvalue weighted by atomic mass is 16.5. The van der Waals surface area contributed by atoms with E-state index < -0.39 is 0 Å². The summed E-state index contributed by atoms with van der Waals surface area (Å²) in [6, 6.07) is 3.74. The smallest absolute Gasteiger partial charge is 0.125 e. The molecule has 4 atom stereocenters. The molecular formula is C23H36N4O. The van der Waals surface area contributed by atoms with E-state index in [4.69, 9.17) is 14.7 Å². The van der Waals surface area contributed by atoms with Gasteiger partial charge in [0.15, 0.2) is 0 Å². The molecule has 1 unspecified atom stereocenters. The van der Waals surface area contributed by atoms with Gasteiger partial charge in [0.2, 0.25) is 0 Å². The topological polar surface area (TPSA) is 50.3 Å². The second-order valence-corrected chi connectivity index (χ2v) is 9.58. The third-order valence-corrected chi connectivity index (χ3v) is 7.77. The summed E-state index contributed by atoms with van der Waals surface area (Å²) >= 11 is 0. The zero-order valence-electron chi connectivity index (χ0n) is 17.4. The Kier molecular flexibility index (Phi) is 5.67. The number of hydrogen-bond donors (Lipinski definition) is 1. The van der Waals surface area contributed by atoms with Crippen molar-refractivity contribution in [2.45, 2.75) is 82.2 Å². The number of piperidine rings is 3. The molecule has 1 saturated carbocycles. The molecule has 28 heavy (non-hydrogen) atoms. The lowest BCUT2D eigenvalue weighted by atomic mass is 9.74. The maximum atomic E-state index is 5.50. The molecule has 1 aromatic heterocycles. The van der Waals surface area contributed by atoms with Gasteiger partial charge in [-0.05, 0) is 64.0 Å². The molecule has 5 fully saturated rings. The van der Waals surface area contributed by atoms with E-state index in [2.05, 4.69) is 23.2 Å². The van der Waals surface area contributed by atoms with Gasteiger partial charge in [-0.2, -0.15) is 0 Å². The zero-order valence-corrected chi connectivity index (χ0v) is 17.4. The predicted molar refractivity (Wildman–Crippen MR) is 111 cm³/mol. The van der Waals surface area contributed by atoms with Gasteiger partial charge < -0.3 is 10.1 Å². The van der Waals surface area contributed by atoms with E-state index in [0.717, 1.165) is 31.5 Å². The normalized spacial score (nSPS) is 34.2. The van der Waals surface area contributed by atoms with E-state index >= 15 is 0 Å². The Labute approximate surface area is 169 Å². The highest BCUT2D eigenvalue weighted by Crippen LogP contribution is 2.42. The van der Waals surface area contributed by atoms with Gasteiger partial charge in [-0.3, -0.25) is 4.90 Å². The van der Waals surface area contributed by atoms with Gasteiger partial charge in [-0.15, -0.1) is 0 Å². The van der Waals surface area contributed by atoms with Crippen LogP contribution < -0.4 is 5.32 Å². The molecule has 0 amide bonds. The average molecular weight is 385 g/mol. The zero-order chi connectivity index (χ0) is 18.9. The van der Waals surface area contributed by atoms with Crippen LogP contribution in [0.4, 0.5) is 0 Å². The van der Waals surface area contributed by atoms with Crippen LogP contribution in [0.2, 0.25) is 0 Å². The van der Waals surface area contributed by atoms with Gasteiger partial charge in [0.25, 0.3) is 0 Å². The number of fused-ring (bicyclic) bond motifs is 3. The molecular weight excluding hydrogens is 348 g/mol. The van der Waals surface area contributed by atoms with Gasteiger partial charge >= 0.3 is 0 Å². The van der Waals surface area contributed by atoms with Gasteiger partial charge in [-0.25, -0.2) is 9.97 Å². The van der Waals surface area contributed by atoms with Crippen molar-refractivity contribution in [3.05, 3.63) is 23.3 Å². The summed E-state index contributed by atoms with van der Waals surface area (Å²) in [6.07, 6.45) is 10.4. The second-order valence-electron chi connectivity index (χ2n) is 9.58. The number of aromatic nitrogens is 2. The summed E-state index contributed by atoms with van der Waals surface area (Å²) in [7, 11) is 0. The molecule has 0 aromatic carbocycles. The van der Waals surface area contributed by atoms with Crippen LogP contribution in [0.5, 0.6) is 0 Å². The number of nitrogens with zero attached hydrogens (tertiary/aromatic N) is 3. The van der Waals surface area contributed by atoms with E-state index in [-0.39, 0.29) is 0 Å². The molecule has 5 heterocycles. The molecule has 6 rings (SSSR count). The number of ether oxygens (including phenoxy) is 1. The van der Waals surface area contributed by atoms with Gasteiger partial charge in [0, 0.05) is 61.6 Å². The minimum Gasteiger partial charge on any atom is -0.381 e. The van der Waals surface area contributed by atoms with Crippen molar-refractivity contribution in [3.63, 3.8) is 0 Å². The molecule has 5 aliphatic rings. The second kappa shape index (κ2) is 8.37. The molecule has 0 radical (unpaired) electrons. The standard InChI is InChI=1S/C23H36N4O/c1-16-25-22(17-4-2-3-5-17)13-23(26-16)21-15-27-9-6-18(21)12-20(27)14-24-19-7-10-28-11-8-19/h13,17-21,24H,2-12,14-15H2,1H3/t18-,20+,21+/m0/s1. The van der Waals surface area contributed by atoms with Crippen molar-refractivity contribution >= 4 is 0 Å². The molecule has 5 nitrogen and oxygen atoms in total. The van der Waals surface area contributed by atoms with Crippen molar-refractivity contribution in [2.24, 2.45) is 5.92 Å².